The third-order valence-electron chi connectivity index (χ3n) is 2.56. The van der Waals surface area contributed by atoms with Gasteiger partial charge in [0, 0.05) is 12.0 Å². The number of aryl methyl sites for hydroxylation is 1. The topological polar surface area (TPSA) is 61.0 Å². The summed E-state index contributed by atoms with van der Waals surface area (Å²) in [7, 11) is 0. The average Bonchev–Trinajstić information content (AvgIpc) is 2.32. The van der Waals surface area contributed by atoms with E-state index in [4.69, 9.17) is 22.1 Å². The van der Waals surface area contributed by atoms with Gasteiger partial charge in [0.15, 0.2) is 0 Å². The van der Waals surface area contributed by atoms with E-state index in [1.807, 2.05) is 39.0 Å². The van der Waals surface area contributed by atoms with E-state index >= 15 is 0 Å². The van der Waals surface area contributed by atoms with Crippen molar-refractivity contribution in [2.24, 2.45) is 0 Å². The molecule has 0 radical (unpaired) electrons. The van der Waals surface area contributed by atoms with Crippen LogP contribution in [0.4, 0.5) is 5.82 Å². The number of aromatic nitrogens is 2. The molecule has 0 aliphatic heterocycles. The van der Waals surface area contributed by atoms with E-state index in [9.17, 15) is 0 Å². The molecule has 0 aliphatic carbocycles. The fourth-order valence-corrected chi connectivity index (χ4v) is 1.85. The van der Waals surface area contributed by atoms with Gasteiger partial charge in [0.2, 0.25) is 5.88 Å². The largest absolute Gasteiger partial charge is 0.437 e. The SMILES string of the molecule is Cc1ccc(Oc2cc(N)nc(C(C)C)n2)c(Cl)c1. The number of benzene rings is 1. The van der Waals surface area contributed by atoms with Crippen LogP contribution in [0, 0.1) is 6.92 Å². The molecule has 0 atom stereocenters. The second-order valence-corrected chi connectivity index (χ2v) is 5.09. The number of nitrogens with two attached hydrogens (primary N) is 1. The molecule has 2 rings (SSSR count). The van der Waals surface area contributed by atoms with Gasteiger partial charge >= 0.3 is 0 Å². The molecular weight excluding hydrogens is 262 g/mol. The van der Waals surface area contributed by atoms with Gasteiger partial charge in [-0.1, -0.05) is 31.5 Å². The lowest BCUT2D eigenvalue weighted by Gasteiger charge is -2.10. The first-order valence-corrected chi connectivity index (χ1v) is 6.42. The monoisotopic (exact) mass is 277 g/mol. The maximum atomic E-state index is 6.12. The average molecular weight is 278 g/mol. The highest BCUT2D eigenvalue weighted by molar-refractivity contribution is 6.32. The van der Waals surface area contributed by atoms with Crippen molar-refractivity contribution >= 4 is 17.4 Å². The van der Waals surface area contributed by atoms with Gasteiger partial charge in [-0.15, -0.1) is 0 Å². The van der Waals surface area contributed by atoms with Gasteiger partial charge in [-0.25, -0.2) is 4.98 Å². The van der Waals surface area contributed by atoms with Crippen LogP contribution in [0.2, 0.25) is 5.02 Å². The molecule has 0 fully saturated rings. The molecule has 1 heterocycles. The number of ether oxygens (including phenoxy) is 1. The van der Waals surface area contributed by atoms with E-state index in [1.165, 1.54) is 0 Å². The Morgan fingerprint density at radius 2 is 1.95 bits per heavy atom. The molecule has 0 bridgehead atoms. The maximum absolute atomic E-state index is 6.12. The van der Waals surface area contributed by atoms with Gasteiger partial charge < -0.3 is 10.5 Å². The Labute approximate surface area is 117 Å². The van der Waals surface area contributed by atoms with Gasteiger partial charge in [0.05, 0.1) is 5.02 Å². The smallest absolute Gasteiger partial charge is 0.224 e. The summed E-state index contributed by atoms with van der Waals surface area (Å²) >= 11 is 6.12. The van der Waals surface area contributed by atoms with E-state index in [0.717, 1.165) is 5.56 Å². The maximum Gasteiger partial charge on any atom is 0.224 e. The highest BCUT2D eigenvalue weighted by Crippen LogP contribution is 2.30. The summed E-state index contributed by atoms with van der Waals surface area (Å²) in [4.78, 5) is 8.49. The zero-order chi connectivity index (χ0) is 14.0. The number of halogens is 1. The number of hydrogen-bond acceptors (Lipinski definition) is 4. The Bertz CT molecular complexity index is 599. The standard InChI is InChI=1S/C14H16ClN3O/c1-8(2)14-17-12(16)7-13(18-14)19-11-5-4-9(3)6-10(11)15/h4-8H,1-3H3,(H2,16,17,18). The Kier molecular flexibility index (Phi) is 3.90. The summed E-state index contributed by atoms with van der Waals surface area (Å²) in [6.07, 6.45) is 0. The molecule has 1 aromatic heterocycles. The van der Waals surface area contributed by atoms with Crippen LogP contribution in [0.15, 0.2) is 24.3 Å². The first-order valence-electron chi connectivity index (χ1n) is 6.04. The van der Waals surface area contributed by atoms with Crippen LogP contribution in [-0.2, 0) is 0 Å². The van der Waals surface area contributed by atoms with E-state index in [-0.39, 0.29) is 5.92 Å². The molecule has 4 nitrogen and oxygen atoms in total. The highest BCUT2D eigenvalue weighted by atomic mass is 35.5. The molecule has 0 spiro atoms. The molecule has 5 heteroatoms. The molecule has 2 N–H and O–H groups in total. The molecule has 0 saturated heterocycles. The van der Waals surface area contributed by atoms with Crippen molar-refractivity contribution in [3.63, 3.8) is 0 Å². The van der Waals surface area contributed by atoms with Crippen LogP contribution in [0.25, 0.3) is 0 Å². The molecule has 19 heavy (non-hydrogen) atoms. The van der Waals surface area contributed by atoms with E-state index in [0.29, 0.717) is 28.3 Å². The summed E-state index contributed by atoms with van der Waals surface area (Å²) in [6, 6.07) is 7.16. The molecule has 0 unspecified atom stereocenters. The summed E-state index contributed by atoms with van der Waals surface area (Å²) in [5.41, 5.74) is 6.82. The van der Waals surface area contributed by atoms with Gasteiger partial charge in [-0.2, -0.15) is 4.98 Å². The van der Waals surface area contributed by atoms with Crippen molar-refractivity contribution in [1.29, 1.82) is 0 Å². The van der Waals surface area contributed by atoms with Gasteiger partial charge in [-0.3, -0.25) is 0 Å². The summed E-state index contributed by atoms with van der Waals surface area (Å²) in [5, 5.41) is 0.545. The normalized spacial score (nSPS) is 10.8. The number of rotatable bonds is 3. The second-order valence-electron chi connectivity index (χ2n) is 4.68. The van der Waals surface area contributed by atoms with Gasteiger partial charge in [-0.05, 0) is 24.6 Å². The lowest BCUT2D eigenvalue weighted by molar-refractivity contribution is 0.457. The Balaban J connectivity index is 2.32. The third kappa shape index (κ3) is 3.35. The predicted molar refractivity (Wildman–Crippen MR) is 76.8 cm³/mol. The van der Waals surface area contributed by atoms with E-state index in [1.54, 1.807) is 6.07 Å². The number of nitrogens with zero attached hydrogens (tertiary/aromatic N) is 2. The molecule has 0 saturated carbocycles. The zero-order valence-electron chi connectivity index (χ0n) is 11.1. The van der Waals surface area contributed by atoms with Crippen molar-refractivity contribution < 1.29 is 4.74 Å². The Morgan fingerprint density at radius 1 is 1.21 bits per heavy atom. The lowest BCUT2D eigenvalue weighted by atomic mass is 10.2. The van der Waals surface area contributed by atoms with Crippen LogP contribution in [0.5, 0.6) is 11.6 Å². The van der Waals surface area contributed by atoms with Crippen LogP contribution in [0.1, 0.15) is 31.2 Å². The minimum absolute atomic E-state index is 0.180. The first-order chi connectivity index (χ1) is 8.95. The number of hydrogen-bond donors (Lipinski definition) is 1. The lowest BCUT2D eigenvalue weighted by Crippen LogP contribution is -2.03. The third-order valence-corrected chi connectivity index (χ3v) is 2.85. The Morgan fingerprint density at radius 3 is 2.58 bits per heavy atom. The summed E-state index contributed by atoms with van der Waals surface area (Å²) in [5.74, 6) is 2.18. The number of anilines is 1. The fraction of sp³-hybridized carbons (Fsp3) is 0.286. The van der Waals surface area contributed by atoms with Crippen LogP contribution < -0.4 is 10.5 Å². The van der Waals surface area contributed by atoms with Crippen molar-refractivity contribution in [2.45, 2.75) is 26.7 Å². The van der Waals surface area contributed by atoms with Crippen molar-refractivity contribution in [1.82, 2.24) is 9.97 Å². The van der Waals surface area contributed by atoms with Gasteiger partial charge in [0.1, 0.15) is 17.4 Å². The van der Waals surface area contributed by atoms with Crippen molar-refractivity contribution in [3.8, 4) is 11.6 Å². The first kappa shape index (κ1) is 13.6. The predicted octanol–water partition coefficient (Wildman–Crippen LogP) is 3.94. The van der Waals surface area contributed by atoms with Gasteiger partial charge in [0.25, 0.3) is 0 Å². The molecular formula is C14H16ClN3O. The molecule has 1 aromatic carbocycles. The van der Waals surface area contributed by atoms with E-state index < -0.39 is 0 Å². The van der Waals surface area contributed by atoms with Crippen LogP contribution in [0.3, 0.4) is 0 Å². The van der Waals surface area contributed by atoms with Crippen molar-refractivity contribution in [3.05, 3.63) is 40.7 Å². The van der Waals surface area contributed by atoms with Crippen LogP contribution in [-0.4, -0.2) is 9.97 Å². The van der Waals surface area contributed by atoms with Crippen molar-refractivity contribution in [2.75, 3.05) is 5.73 Å². The molecule has 0 aliphatic rings. The second kappa shape index (κ2) is 5.45. The minimum atomic E-state index is 0.180. The van der Waals surface area contributed by atoms with E-state index in [2.05, 4.69) is 9.97 Å². The molecule has 2 aromatic rings. The zero-order valence-corrected chi connectivity index (χ0v) is 11.9. The number of nitrogen functional groups attached to an aromatic ring is 1. The summed E-state index contributed by atoms with van der Waals surface area (Å²) in [6.45, 7) is 5.96. The highest BCUT2D eigenvalue weighted by Gasteiger charge is 2.09. The Hall–Kier alpha value is -1.81. The quantitative estimate of drug-likeness (QED) is 0.923. The molecule has 100 valence electrons. The summed E-state index contributed by atoms with van der Waals surface area (Å²) < 4.78 is 5.67. The minimum Gasteiger partial charge on any atom is -0.437 e. The fourth-order valence-electron chi connectivity index (χ4n) is 1.57. The van der Waals surface area contributed by atoms with Crippen LogP contribution >= 0.6 is 11.6 Å². The molecule has 0 amide bonds.